The number of nitrogens with one attached hydrogen (secondary N) is 2. The molecule has 7 nitrogen and oxygen atoms in total. The van der Waals surface area contributed by atoms with Crippen molar-refractivity contribution in [3.05, 3.63) is 11.8 Å². The topological polar surface area (TPSA) is 112 Å². The molecule has 1 aromatic heterocycles. The molecule has 0 atom stereocenters. The van der Waals surface area contributed by atoms with Gasteiger partial charge in [0, 0.05) is 6.54 Å². The molecule has 0 saturated carbocycles. The second kappa shape index (κ2) is 5.30. The van der Waals surface area contributed by atoms with Crippen molar-refractivity contribution in [1.82, 2.24) is 14.9 Å². The molecule has 3 N–H and O–H groups in total. The van der Waals surface area contributed by atoms with Crippen molar-refractivity contribution in [2.75, 3.05) is 6.54 Å². The summed E-state index contributed by atoms with van der Waals surface area (Å²) in [6.07, 6.45) is 0.977. The van der Waals surface area contributed by atoms with Gasteiger partial charge in [-0.3, -0.25) is 5.10 Å². The Hall–Kier alpha value is -1.41. The Balaban J connectivity index is 2.94. The van der Waals surface area contributed by atoms with Crippen LogP contribution in [-0.4, -0.2) is 36.2 Å². The van der Waals surface area contributed by atoms with Gasteiger partial charge >= 0.3 is 5.97 Å². The lowest BCUT2D eigenvalue weighted by atomic mass is 9.81. The zero-order valence-electron chi connectivity index (χ0n) is 11.4. The molecule has 0 aliphatic heterocycles. The molecule has 0 bridgehead atoms. The molecule has 0 aliphatic rings. The van der Waals surface area contributed by atoms with Gasteiger partial charge in [-0.2, -0.15) is 5.10 Å². The van der Waals surface area contributed by atoms with Gasteiger partial charge in [-0.05, 0) is 11.3 Å². The summed E-state index contributed by atoms with van der Waals surface area (Å²) < 4.78 is 26.5. The van der Waals surface area contributed by atoms with E-state index in [1.54, 1.807) is 0 Å². The summed E-state index contributed by atoms with van der Waals surface area (Å²) in [5.74, 6) is -1.06. The van der Waals surface area contributed by atoms with Crippen LogP contribution in [0.5, 0.6) is 0 Å². The van der Waals surface area contributed by atoms with Crippen molar-refractivity contribution >= 4 is 16.0 Å². The number of H-pyrrole nitrogens is 1. The molecular weight excluding hydrogens is 270 g/mol. The molecule has 0 radical (unpaired) electrons. The standard InChI is InChI=1S/C11H19N3O4S/c1-7(2)11(3,4)6-13-19(17,18)9-8(10(15)16)5-12-14-9/h5,7,13H,6H2,1-4H3,(H,12,14)(H,15,16). The molecule has 1 rings (SSSR count). The molecule has 0 saturated heterocycles. The van der Waals surface area contributed by atoms with E-state index < -0.39 is 21.0 Å². The van der Waals surface area contributed by atoms with Crippen LogP contribution < -0.4 is 4.72 Å². The van der Waals surface area contributed by atoms with Gasteiger partial charge in [0.2, 0.25) is 0 Å². The van der Waals surface area contributed by atoms with Gasteiger partial charge in [0.15, 0.2) is 5.03 Å². The van der Waals surface area contributed by atoms with Crippen LogP contribution in [0.15, 0.2) is 11.2 Å². The highest BCUT2D eigenvalue weighted by atomic mass is 32.2. The second-order valence-corrected chi connectivity index (χ2v) is 7.09. The van der Waals surface area contributed by atoms with Crippen LogP contribution in [0, 0.1) is 11.3 Å². The fourth-order valence-electron chi connectivity index (χ4n) is 1.19. The lowest BCUT2D eigenvalue weighted by molar-refractivity contribution is 0.0692. The summed E-state index contributed by atoms with van der Waals surface area (Å²) in [7, 11) is -3.91. The van der Waals surface area contributed by atoms with Gasteiger partial charge in [0.25, 0.3) is 10.0 Å². The van der Waals surface area contributed by atoms with E-state index in [9.17, 15) is 13.2 Å². The molecule has 8 heteroatoms. The zero-order chi connectivity index (χ0) is 14.8. The maximum Gasteiger partial charge on any atom is 0.340 e. The Bertz CT molecular complexity index is 560. The Labute approximate surface area is 112 Å². The molecule has 0 aliphatic carbocycles. The first-order valence-electron chi connectivity index (χ1n) is 5.84. The number of aromatic carboxylic acids is 1. The van der Waals surface area contributed by atoms with E-state index >= 15 is 0 Å². The SMILES string of the molecule is CC(C)C(C)(C)CNS(=O)(=O)c1[nH]ncc1C(=O)O. The Kier molecular flexibility index (Phi) is 4.36. The number of sulfonamides is 1. The van der Waals surface area contributed by atoms with Crippen LogP contribution in [-0.2, 0) is 10.0 Å². The fraction of sp³-hybridized carbons (Fsp3) is 0.636. The number of aromatic nitrogens is 2. The summed E-state index contributed by atoms with van der Waals surface area (Å²) in [5, 5.41) is 14.1. The average Bonchev–Trinajstić information content (AvgIpc) is 2.76. The number of nitrogens with zero attached hydrogens (tertiary/aromatic N) is 1. The molecule has 0 spiro atoms. The predicted molar refractivity (Wildman–Crippen MR) is 69.4 cm³/mol. The van der Waals surface area contributed by atoms with Gasteiger partial charge in [0.05, 0.1) is 6.20 Å². The largest absolute Gasteiger partial charge is 0.478 e. The smallest absolute Gasteiger partial charge is 0.340 e. The van der Waals surface area contributed by atoms with Crippen LogP contribution in [0.2, 0.25) is 0 Å². The van der Waals surface area contributed by atoms with Gasteiger partial charge in [-0.25, -0.2) is 17.9 Å². The number of hydrogen-bond acceptors (Lipinski definition) is 4. The molecule has 0 unspecified atom stereocenters. The Morgan fingerprint density at radius 1 is 1.53 bits per heavy atom. The molecule has 108 valence electrons. The third-order valence-corrected chi connectivity index (χ3v) is 4.76. The van der Waals surface area contributed by atoms with E-state index in [0.717, 1.165) is 6.20 Å². The predicted octanol–water partition coefficient (Wildman–Crippen LogP) is 1.07. The lowest BCUT2D eigenvalue weighted by Crippen LogP contribution is -2.37. The number of hydrogen-bond donors (Lipinski definition) is 3. The van der Waals surface area contributed by atoms with Crippen LogP contribution in [0.25, 0.3) is 0 Å². The molecule has 0 fully saturated rings. The van der Waals surface area contributed by atoms with Crippen molar-refractivity contribution in [2.45, 2.75) is 32.7 Å². The maximum atomic E-state index is 12.0. The Morgan fingerprint density at radius 2 is 2.11 bits per heavy atom. The summed E-state index contributed by atoms with van der Waals surface area (Å²) in [5.41, 5.74) is -0.605. The zero-order valence-corrected chi connectivity index (χ0v) is 12.2. The third kappa shape index (κ3) is 3.54. The van der Waals surface area contributed by atoms with Gasteiger partial charge in [0.1, 0.15) is 5.56 Å². The van der Waals surface area contributed by atoms with E-state index in [0.29, 0.717) is 0 Å². The molecule has 0 amide bonds. The van der Waals surface area contributed by atoms with Crippen LogP contribution in [0.3, 0.4) is 0 Å². The van der Waals surface area contributed by atoms with E-state index in [-0.39, 0.29) is 23.4 Å². The van der Waals surface area contributed by atoms with Crippen LogP contribution >= 0.6 is 0 Å². The highest BCUT2D eigenvalue weighted by molar-refractivity contribution is 7.89. The van der Waals surface area contributed by atoms with Crippen LogP contribution in [0.4, 0.5) is 0 Å². The minimum absolute atomic E-state index is 0.213. The number of carboxylic acids is 1. The normalized spacial score (nSPS) is 12.9. The second-order valence-electron chi connectivity index (χ2n) is 5.39. The summed E-state index contributed by atoms with van der Waals surface area (Å²) in [4.78, 5) is 10.9. The first-order valence-corrected chi connectivity index (χ1v) is 7.32. The van der Waals surface area contributed by atoms with Crippen molar-refractivity contribution in [2.24, 2.45) is 11.3 Å². The summed E-state index contributed by atoms with van der Waals surface area (Å²) in [6.45, 7) is 8.07. The van der Waals surface area contributed by atoms with Gasteiger partial charge in [-0.15, -0.1) is 0 Å². The highest BCUT2D eigenvalue weighted by Gasteiger charge is 2.29. The van der Waals surface area contributed by atoms with Gasteiger partial charge < -0.3 is 5.11 Å². The number of aromatic amines is 1. The summed E-state index contributed by atoms with van der Waals surface area (Å²) >= 11 is 0. The third-order valence-electron chi connectivity index (χ3n) is 3.38. The minimum atomic E-state index is -3.91. The highest BCUT2D eigenvalue weighted by Crippen LogP contribution is 2.25. The fourth-order valence-corrected chi connectivity index (χ4v) is 2.50. The monoisotopic (exact) mass is 289 g/mol. The molecule has 0 aromatic carbocycles. The molecule has 1 heterocycles. The van der Waals surface area contributed by atoms with Crippen LogP contribution in [0.1, 0.15) is 38.1 Å². The number of rotatable bonds is 6. The number of carboxylic acid groups (broad SMARTS) is 1. The minimum Gasteiger partial charge on any atom is -0.478 e. The van der Waals surface area contributed by atoms with Gasteiger partial charge in [-0.1, -0.05) is 27.7 Å². The molecule has 1 aromatic rings. The van der Waals surface area contributed by atoms with Crippen molar-refractivity contribution in [1.29, 1.82) is 0 Å². The van der Waals surface area contributed by atoms with E-state index in [1.807, 2.05) is 27.7 Å². The first kappa shape index (κ1) is 15.6. The maximum absolute atomic E-state index is 12.0. The van der Waals surface area contributed by atoms with E-state index in [4.69, 9.17) is 5.11 Å². The number of carbonyl (C=O) groups is 1. The Morgan fingerprint density at radius 3 is 2.58 bits per heavy atom. The van der Waals surface area contributed by atoms with Crippen molar-refractivity contribution < 1.29 is 18.3 Å². The lowest BCUT2D eigenvalue weighted by Gasteiger charge is -2.29. The van der Waals surface area contributed by atoms with Crippen molar-refractivity contribution in [3.63, 3.8) is 0 Å². The van der Waals surface area contributed by atoms with Crippen molar-refractivity contribution in [3.8, 4) is 0 Å². The summed E-state index contributed by atoms with van der Waals surface area (Å²) in [6, 6.07) is 0. The van der Waals surface area contributed by atoms with E-state index in [1.165, 1.54) is 0 Å². The molecular formula is C11H19N3O4S. The first-order chi connectivity index (χ1) is 8.58. The van der Waals surface area contributed by atoms with E-state index in [2.05, 4.69) is 14.9 Å². The quantitative estimate of drug-likeness (QED) is 0.725. The average molecular weight is 289 g/mol. The molecule has 19 heavy (non-hydrogen) atoms.